The molecule has 0 bridgehead atoms. The van der Waals surface area contributed by atoms with E-state index in [9.17, 15) is 4.79 Å². The summed E-state index contributed by atoms with van der Waals surface area (Å²) in [5, 5.41) is 0.969. The number of methoxy groups -OCH3 is 1. The van der Waals surface area contributed by atoms with E-state index >= 15 is 0 Å². The molecule has 31 heavy (non-hydrogen) atoms. The van der Waals surface area contributed by atoms with Crippen molar-refractivity contribution in [1.29, 1.82) is 0 Å². The molecule has 8 heteroatoms. The number of hydrogen-bond acceptors (Lipinski definition) is 5. The zero-order valence-electron chi connectivity index (χ0n) is 18.0. The fourth-order valence-electron chi connectivity index (χ4n) is 4.15. The number of nitrogens with zero attached hydrogens (tertiary/aromatic N) is 4. The Kier molecular flexibility index (Phi) is 6.57. The quantitative estimate of drug-likeness (QED) is 0.545. The number of anilines is 2. The molecule has 0 radical (unpaired) electrons. The van der Waals surface area contributed by atoms with E-state index in [0.29, 0.717) is 12.4 Å². The van der Waals surface area contributed by atoms with Gasteiger partial charge in [-0.05, 0) is 49.7 Å². The van der Waals surface area contributed by atoms with Crippen LogP contribution in [0, 0.1) is 0 Å². The molecule has 1 saturated heterocycles. The van der Waals surface area contributed by atoms with Gasteiger partial charge in [-0.1, -0.05) is 12.1 Å². The summed E-state index contributed by atoms with van der Waals surface area (Å²) in [6.45, 7) is 5.60. The van der Waals surface area contributed by atoms with E-state index in [1.807, 2.05) is 30.3 Å². The third-order valence-electron chi connectivity index (χ3n) is 5.84. The summed E-state index contributed by atoms with van der Waals surface area (Å²) in [4.78, 5) is 25.9. The zero-order chi connectivity index (χ0) is 21.6. The van der Waals surface area contributed by atoms with Crippen LogP contribution in [0.1, 0.15) is 12.8 Å². The Hall–Kier alpha value is -3.26. The van der Waals surface area contributed by atoms with Crippen LogP contribution in [0.2, 0.25) is 0 Å². The molecule has 1 aliphatic rings. The maximum absolute atomic E-state index is 12.0. The topological polar surface area (TPSA) is 90.7 Å². The Balaban J connectivity index is 1.24. The Morgan fingerprint density at radius 1 is 1.16 bits per heavy atom. The van der Waals surface area contributed by atoms with Crippen LogP contribution in [0.3, 0.4) is 0 Å². The molecule has 1 aliphatic heterocycles. The van der Waals surface area contributed by atoms with Crippen molar-refractivity contribution in [2.45, 2.75) is 12.8 Å². The molecule has 0 spiro atoms. The maximum Gasteiger partial charge on any atom is 0.320 e. The predicted molar refractivity (Wildman–Crippen MR) is 124 cm³/mol. The van der Waals surface area contributed by atoms with E-state index < -0.39 is 6.03 Å². The SMILES string of the molecule is COc1ccccc1N1CCN(CCCCN(C(N)=O)c2cc3cccnc3[nH]2)CC1. The van der Waals surface area contributed by atoms with Crippen molar-refractivity contribution in [3.05, 3.63) is 48.7 Å². The van der Waals surface area contributed by atoms with Crippen LogP contribution in [0.25, 0.3) is 11.0 Å². The van der Waals surface area contributed by atoms with Gasteiger partial charge in [0.05, 0.1) is 12.8 Å². The first-order chi connectivity index (χ1) is 15.2. The maximum atomic E-state index is 12.0. The largest absolute Gasteiger partial charge is 0.495 e. The molecule has 2 amide bonds. The first-order valence-electron chi connectivity index (χ1n) is 10.8. The molecular weight excluding hydrogens is 392 g/mol. The standard InChI is InChI=1S/C23H30N6O2/c1-31-20-9-3-2-8-19(20)28-15-13-27(14-16-28)11-4-5-12-29(23(24)30)21-17-18-7-6-10-25-22(18)26-21/h2-3,6-10,17H,4-5,11-16H2,1H3,(H2,24,30)(H,25,26). The molecular formula is C23H30N6O2. The summed E-state index contributed by atoms with van der Waals surface area (Å²) in [7, 11) is 1.72. The minimum Gasteiger partial charge on any atom is -0.495 e. The van der Waals surface area contributed by atoms with Crippen molar-refractivity contribution in [3.63, 3.8) is 0 Å². The molecule has 2 aromatic heterocycles. The number of pyridine rings is 1. The van der Waals surface area contributed by atoms with Gasteiger partial charge in [-0.3, -0.25) is 9.80 Å². The number of hydrogen-bond donors (Lipinski definition) is 2. The van der Waals surface area contributed by atoms with Gasteiger partial charge in [-0.25, -0.2) is 9.78 Å². The number of para-hydroxylation sites is 2. The number of unbranched alkanes of at least 4 members (excludes halogenated alkanes) is 1. The van der Waals surface area contributed by atoms with Gasteiger partial charge >= 0.3 is 6.03 Å². The van der Waals surface area contributed by atoms with Gasteiger partial charge in [0.25, 0.3) is 0 Å². The number of rotatable bonds is 8. The van der Waals surface area contributed by atoms with E-state index in [-0.39, 0.29) is 0 Å². The van der Waals surface area contributed by atoms with Crippen LogP contribution in [0.15, 0.2) is 48.7 Å². The molecule has 0 saturated carbocycles. The number of carbonyl (C=O) groups excluding carboxylic acids is 1. The molecule has 4 rings (SSSR count). The number of primary amides is 1. The van der Waals surface area contributed by atoms with E-state index in [0.717, 1.165) is 68.0 Å². The van der Waals surface area contributed by atoms with Gasteiger partial charge in [0.2, 0.25) is 0 Å². The molecule has 3 N–H and O–H groups in total. The monoisotopic (exact) mass is 422 g/mol. The zero-order valence-corrected chi connectivity index (χ0v) is 18.0. The molecule has 3 aromatic rings. The molecule has 1 fully saturated rings. The van der Waals surface area contributed by atoms with Crippen LogP contribution in [-0.4, -0.2) is 67.3 Å². The van der Waals surface area contributed by atoms with Crippen molar-refractivity contribution >= 4 is 28.6 Å². The Morgan fingerprint density at radius 3 is 2.71 bits per heavy atom. The molecule has 3 heterocycles. The lowest BCUT2D eigenvalue weighted by atomic mass is 10.2. The number of aromatic nitrogens is 2. The molecule has 0 aliphatic carbocycles. The molecule has 8 nitrogen and oxygen atoms in total. The van der Waals surface area contributed by atoms with Crippen LogP contribution in [0.4, 0.5) is 16.3 Å². The lowest BCUT2D eigenvalue weighted by molar-refractivity contribution is 0.248. The number of carbonyl (C=O) groups is 1. The summed E-state index contributed by atoms with van der Waals surface area (Å²) in [5.74, 6) is 1.63. The number of urea groups is 1. The average molecular weight is 423 g/mol. The van der Waals surface area contributed by atoms with Crippen molar-refractivity contribution in [2.75, 3.05) is 56.2 Å². The van der Waals surface area contributed by atoms with E-state index in [1.165, 1.54) is 0 Å². The summed E-state index contributed by atoms with van der Waals surface area (Å²) in [5.41, 5.74) is 7.55. The Labute approximate surface area is 182 Å². The Morgan fingerprint density at radius 2 is 1.97 bits per heavy atom. The second kappa shape index (κ2) is 9.70. The first-order valence-corrected chi connectivity index (χ1v) is 10.8. The van der Waals surface area contributed by atoms with Crippen molar-refractivity contribution < 1.29 is 9.53 Å². The van der Waals surface area contributed by atoms with Crippen LogP contribution < -0.4 is 20.3 Å². The number of fused-ring (bicyclic) bond motifs is 1. The first kappa shape index (κ1) is 21.0. The molecule has 0 atom stereocenters. The lowest BCUT2D eigenvalue weighted by Gasteiger charge is -2.36. The highest BCUT2D eigenvalue weighted by Gasteiger charge is 2.20. The van der Waals surface area contributed by atoms with Gasteiger partial charge < -0.3 is 20.4 Å². The molecule has 1 aromatic carbocycles. The highest BCUT2D eigenvalue weighted by atomic mass is 16.5. The summed E-state index contributed by atoms with van der Waals surface area (Å²) < 4.78 is 5.50. The number of amides is 2. The van der Waals surface area contributed by atoms with E-state index in [4.69, 9.17) is 10.5 Å². The minimum atomic E-state index is -0.447. The predicted octanol–water partition coefficient (Wildman–Crippen LogP) is 3.06. The number of benzene rings is 1. The van der Waals surface area contributed by atoms with E-state index in [1.54, 1.807) is 18.2 Å². The highest BCUT2D eigenvalue weighted by Crippen LogP contribution is 2.28. The van der Waals surface area contributed by atoms with Crippen LogP contribution in [-0.2, 0) is 0 Å². The van der Waals surface area contributed by atoms with Crippen molar-refractivity contribution in [2.24, 2.45) is 5.73 Å². The number of aromatic amines is 1. The normalized spacial score (nSPS) is 14.7. The fourth-order valence-corrected chi connectivity index (χ4v) is 4.15. The molecule has 164 valence electrons. The second-order valence-electron chi connectivity index (χ2n) is 7.79. The second-order valence-corrected chi connectivity index (χ2v) is 7.79. The van der Waals surface area contributed by atoms with Gasteiger partial charge in [-0.15, -0.1) is 0 Å². The number of nitrogens with one attached hydrogen (secondary N) is 1. The summed E-state index contributed by atoms with van der Waals surface area (Å²) >= 11 is 0. The number of piperazine rings is 1. The highest BCUT2D eigenvalue weighted by molar-refractivity contribution is 5.93. The molecule has 0 unspecified atom stereocenters. The van der Waals surface area contributed by atoms with Gasteiger partial charge in [-0.2, -0.15) is 0 Å². The van der Waals surface area contributed by atoms with Crippen molar-refractivity contribution in [1.82, 2.24) is 14.9 Å². The number of nitrogens with two attached hydrogens (primary N) is 1. The number of ether oxygens (including phenoxy) is 1. The van der Waals surface area contributed by atoms with Gasteiger partial charge in [0, 0.05) is 44.3 Å². The van der Waals surface area contributed by atoms with Gasteiger partial charge in [0.15, 0.2) is 0 Å². The van der Waals surface area contributed by atoms with Crippen LogP contribution >= 0.6 is 0 Å². The third kappa shape index (κ3) is 4.91. The van der Waals surface area contributed by atoms with E-state index in [2.05, 4.69) is 31.9 Å². The summed E-state index contributed by atoms with van der Waals surface area (Å²) in [6.07, 6.45) is 3.63. The van der Waals surface area contributed by atoms with Gasteiger partial charge in [0.1, 0.15) is 17.2 Å². The average Bonchev–Trinajstić information content (AvgIpc) is 3.23. The minimum absolute atomic E-state index is 0.447. The third-order valence-corrected chi connectivity index (χ3v) is 5.84. The lowest BCUT2D eigenvalue weighted by Crippen LogP contribution is -2.46. The smallest absolute Gasteiger partial charge is 0.320 e. The Bertz CT molecular complexity index is 979. The fraction of sp³-hybridized carbons (Fsp3) is 0.391. The van der Waals surface area contributed by atoms with Crippen LogP contribution in [0.5, 0.6) is 5.75 Å². The summed E-state index contributed by atoms with van der Waals surface area (Å²) in [6, 6.07) is 13.5. The number of H-pyrrole nitrogens is 1. The van der Waals surface area contributed by atoms with Crippen molar-refractivity contribution in [3.8, 4) is 5.75 Å².